The minimum absolute atomic E-state index is 0.148. The van der Waals surface area contributed by atoms with Gasteiger partial charge in [0.2, 0.25) is 0 Å². The molecule has 9 rings (SSSR count). The molecule has 0 bridgehead atoms. The number of hydrogen-bond acceptors (Lipinski definition) is 4. The first-order valence-corrected chi connectivity index (χ1v) is 17.2. The Balaban J connectivity index is 1.05. The van der Waals surface area contributed by atoms with Gasteiger partial charge in [-0.05, 0) is 78.7 Å². The molecule has 0 atom stereocenters. The summed E-state index contributed by atoms with van der Waals surface area (Å²) >= 11 is 0. The Labute approximate surface area is 295 Å². The van der Waals surface area contributed by atoms with Gasteiger partial charge < -0.3 is 23.3 Å². The fourth-order valence-electron chi connectivity index (χ4n) is 7.29. The topological polar surface area (TPSA) is 54.6 Å². The number of carbonyl (C=O) groups is 1. The molecule has 0 radical (unpaired) electrons. The average Bonchev–Trinajstić information content (AvgIpc) is 3.68. The molecule has 0 unspecified atom stereocenters. The molecule has 0 N–H and O–H groups in total. The van der Waals surface area contributed by atoms with Crippen molar-refractivity contribution >= 4 is 61.5 Å². The Morgan fingerprint density at radius 3 is 1.20 bits per heavy atom. The highest BCUT2D eigenvalue weighted by Crippen LogP contribution is 2.36. The van der Waals surface area contributed by atoms with Gasteiger partial charge in [-0.2, -0.15) is 0 Å². The fourth-order valence-corrected chi connectivity index (χ4v) is 7.29. The monoisotopic (exact) mass is 666 g/mol. The summed E-state index contributed by atoms with van der Waals surface area (Å²) in [5.74, 6) is -1.53. The number of para-hydroxylation sites is 4. The lowest BCUT2D eigenvalue weighted by atomic mass is 10.1. The van der Waals surface area contributed by atoms with E-state index in [9.17, 15) is 4.79 Å². The van der Waals surface area contributed by atoms with E-state index in [1.807, 2.05) is 31.2 Å². The lowest BCUT2D eigenvalue weighted by Crippen LogP contribution is -2.42. The summed E-state index contributed by atoms with van der Waals surface area (Å²) in [6.45, 7) is 3.88. The number of rotatable bonds is 6. The van der Waals surface area contributed by atoms with Gasteiger partial charge in [0.25, 0.3) is 5.78 Å². The van der Waals surface area contributed by atoms with Crippen LogP contribution in [0.2, 0.25) is 0 Å². The number of ketones is 1. The Morgan fingerprint density at radius 2 is 0.863 bits per heavy atom. The fraction of sp³-hybridized carbons (Fsp3) is 0.0889. The highest BCUT2D eigenvalue weighted by atomic mass is 16.9. The maximum absolute atomic E-state index is 13.9. The molecular formula is C45H34N2O4. The smallest absolute Gasteiger partial charge is 0.368 e. The van der Waals surface area contributed by atoms with Crippen molar-refractivity contribution < 1.29 is 19.0 Å². The summed E-state index contributed by atoms with van der Waals surface area (Å²) in [7, 11) is 0. The highest BCUT2D eigenvalue weighted by molar-refractivity contribution is 6.12. The zero-order chi connectivity index (χ0) is 34.5. The molecule has 1 aliphatic rings. The molecule has 8 aromatic rings. The van der Waals surface area contributed by atoms with Gasteiger partial charge in [0.15, 0.2) is 11.5 Å². The van der Waals surface area contributed by atoms with Crippen molar-refractivity contribution in [2.75, 3.05) is 6.61 Å². The molecule has 51 heavy (non-hydrogen) atoms. The molecule has 0 amide bonds. The van der Waals surface area contributed by atoms with Crippen LogP contribution in [0.25, 0.3) is 67.1 Å². The Hall–Kier alpha value is -6.37. The van der Waals surface area contributed by atoms with E-state index in [0.29, 0.717) is 6.61 Å². The van der Waals surface area contributed by atoms with Crippen molar-refractivity contribution in [2.24, 2.45) is 0 Å². The quantitative estimate of drug-likeness (QED) is 0.166. The van der Waals surface area contributed by atoms with E-state index in [2.05, 4.69) is 130 Å². The standard InChI is InChI=1S/C45H34N2O4/c1-3-49-45(2)50-42(28-30-20-24-32(25-21-30)46-38-16-8-4-12-34(38)35-13-5-9-17-39(35)46)44(48)43(51-45)29-31-22-26-33(27-23-31)47-40-18-10-6-14-36(40)37-15-7-11-19-41(37)47/h4-29H,3H2,1-2H3/b42-28-,43-29-. The molecule has 6 heteroatoms. The number of ether oxygens (including phenoxy) is 3. The maximum Gasteiger partial charge on any atom is 0.368 e. The second-order valence-electron chi connectivity index (χ2n) is 12.8. The van der Waals surface area contributed by atoms with Crippen molar-refractivity contribution in [1.82, 2.24) is 9.13 Å². The van der Waals surface area contributed by atoms with Crippen LogP contribution in [-0.4, -0.2) is 27.5 Å². The summed E-state index contributed by atoms with van der Waals surface area (Å²) in [5.41, 5.74) is 8.24. The molecule has 2 aromatic heterocycles. The molecule has 0 saturated carbocycles. The second-order valence-corrected chi connectivity index (χ2v) is 12.8. The molecule has 0 spiro atoms. The van der Waals surface area contributed by atoms with E-state index in [1.54, 1.807) is 19.1 Å². The number of fused-ring (bicyclic) bond motifs is 6. The van der Waals surface area contributed by atoms with Gasteiger partial charge in [-0.1, -0.05) is 97.1 Å². The Bertz CT molecular complexity index is 2390. The molecular weight excluding hydrogens is 633 g/mol. The predicted molar refractivity (Wildman–Crippen MR) is 205 cm³/mol. The predicted octanol–water partition coefficient (Wildman–Crippen LogP) is 10.6. The Morgan fingerprint density at radius 1 is 0.529 bits per heavy atom. The van der Waals surface area contributed by atoms with Crippen LogP contribution < -0.4 is 0 Å². The molecule has 1 fully saturated rings. The third-order valence-electron chi connectivity index (χ3n) is 9.50. The molecule has 6 nitrogen and oxygen atoms in total. The Kier molecular flexibility index (Phi) is 7.33. The maximum atomic E-state index is 13.9. The second kappa shape index (κ2) is 12.2. The first-order chi connectivity index (χ1) is 25.0. The van der Waals surface area contributed by atoms with Crippen molar-refractivity contribution in [3.05, 3.63) is 168 Å². The number of carbonyl (C=O) groups excluding carboxylic acids is 1. The van der Waals surface area contributed by atoms with E-state index >= 15 is 0 Å². The summed E-state index contributed by atoms with van der Waals surface area (Å²) in [6.07, 6.45) is 3.49. The normalized spacial score (nSPS) is 17.9. The number of aromatic nitrogens is 2. The van der Waals surface area contributed by atoms with Crippen molar-refractivity contribution in [3.63, 3.8) is 0 Å². The van der Waals surface area contributed by atoms with Crippen molar-refractivity contribution in [1.29, 1.82) is 0 Å². The van der Waals surface area contributed by atoms with Gasteiger partial charge in [0.05, 0.1) is 28.7 Å². The zero-order valence-electron chi connectivity index (χ0n) is 28.2. The first kappa shape index (κ1) is 30.7. The molecule has 1 saturated heterocycles. The summed E-state index contributed by atoms with van der Waals surface area (Å²) < 4.78 is 22.6. The van der Waals surface area contributed by atoms with Crippen LogP contribution >= 0.6 is 0 Å². The lowest BCUT2D eigenvalue weighted by Gasteiger charge is -2.35. The highest BCUT2D eigenvalue weighted by Gasteiger charge is 2.41. The van der Waals surface area contributed by atoms with Gasteiger partial charge in [-0.3, -0.25) is 4.79 Å². The van der Waals surface area contributed by atoms with Crippen molar-refractivity contribution in [3.8, 4) is 11.4 Å². The van der Waals surface area contributed by atoms with Gasteiger partial charge in [0.1, 0.15) is 0 Å². The van der Waals surface area contributed by atoms with Gasteiger partial charge in [-0.25, -0.2) is 0 Å². The number of Topliss-reactive ketones (excluding diaryl/α,β-unsaturated/α-hetero) is 1. The largest absolute Gasteiger partial charge is 0.426 e. The van der Waals surface area contributed by atoms with Crippen LogP contribution in [0.5, 0.6) is 0 Å². The summed E-state index contributed by atoms with van der Waals surface area (Å²) in [4.78, 5) is 13.9. The van der Waals surface area contributed by atoms with E-state index in [-0.39, 0.29) is 17.3 Å². The summed E-state index contributed by atoms with van der Waals surface area (Å²) in [6, 6.07) is 49.9. The number of nitrogens with zero attached hydrogens (tertiary/aromatic N) is 2. The van der Waals surface area contributed by atoms with Crippen LogP contribution in [0.4, 0.5) is 0 Å². The van der Waals surface area contributed by atoms with Gasteiger partial charge in [0, 0.05) is 39.8 Å². The molecule has 0 aliphatic carbocycles. The van der Waals surface area contributed by atoms with Crippen molar-refractivity contribution in [2.45, 2.75) is 19.8 Å². The SMILES string of the molecule is CCOC1(C)O/C(=C\c2ccc(-n3c4ccccc4c4ccccc43)cc2)C(=O)/C(=C/c2ccc(-n3c4ccccc4c4ccccc43)cc2)O1. The zero-order valence-corrected chi connectivity index (χ0v) is 28.2. The van der Waals surface area contributed by atoms with Crippen LogP contribution in [0.15, 0.2) is 157 Å². The molecule has 6 aromatic carbocycles. The third kappa shape index (κ3) is 5.28. The molecule has 248 valence electrons. The molecule has 1 aliphatic heterocycles. The van der Waals surface area contributed by atoms with Crippen LogP contribution in [0.1, 0.15) is 25.0 Å². The van der Waals surface area contributed by atoms with Gasteiger partial charge >= 0.3 is 5.97 Å². The summed E-state index contributed by atoms with van der Waals surface area (Å²) in [5, 5.41) is 4.82. The van der Waals surface area contributed by atoms with E-state index in [0.717, 1.165) is 44.6 Å². The first-order valence-electron chi connectivity index (χ1n) is 17.2. The minimum Gasteiger partial charge on any atom is -0.426 e. The van der Waals surface area contributed by atoms with Gasteiger partial charge in [-0.15, -0.1) is 0 Å². The lowest BCUT2D eigenvalue weighted by molar-refractivity contribution is -0.343. The van der Waals surface area contributed by atoms with Crippen LogP contribution in [0.3, 0.4) is 0 Å². The van der Waals surface area contributed by atoms with Crippen LogP contribution in [-0.2, 0) is 19.0 Å². The third-order valence-corrected chi connectivity index (χ3v) is 9.50. The van der Waals surface area contributed by atoms with Crippen LogP contribution in [0, 0.1) is 0 Å². The average molecular weight is 667 g/mol. The van der Waals surface area contributed by atoms with E-state index in [4.69, 9.17) is 14.2 Å². The minimum atomic E-state index is -1.47. The number of benzene rings is 6. The number of hydrogen-bond donors (Lipinski definition) is 0. The molecule has 3 heterocycles. The van der Waals surface area contributed by atoms with E-state index < -0.39 is 5.97 Å². The van der Waals surface area contributed by atoms with E-state index in [1.165, 1.54) is 21.5 Å².